The molecule has 1 aliphatic carbocycles. The van der Waals surface area contributed by atoms with Crippen LogP contribution in [0, 0.1) is 0 Å². The summed E-state index contributed by atoms with van der Waals surface area (Å²) < 4.78 is 5.25. The normalized spacial score (nSPS) is 13.2. The van der Waals surface area contributed by atoms with Crippen molar-refractivity contribution in [3.05, 3.63) is 64.3 Å². The topological polar surface area (TPSA) is 80.9 Å². The maximum absolute atomic E-state index is 12.3. The number of carbonyl (C=O) groups is 1. The van der Waals surface area contributed by atoms with E-state index in [0.29, 0.717) is 35.4 Å². The fraction of sp³-hybridized carbons (Fsp3) is 0.300. The lowest BCUT2D eigenvalue weighted by Gasteiger charge is -2.15. The number of carbonyl (C=O) groups excluding carboxylic acids is 1. The summed E-state index contributed by atoms with van der Waals surface area (Å²) in [7, 11) is 0. The van der Waals surface area contributed by atoms with Crippen LogP contribution >= 0.6 is 11.6 Å². The lowest BCUT2D eigenvalue weighted by Crippen LogP contribution is -2.27. The Balaban J connectivity index is 1.34. The van der Waals surface area contributed by atoms with Crippen molar-refractivity contribution in [2.75, 3.05) is 6.54 Å². The Kier molecular flexibility index (Phi) is 5.16. The average molecular weight is 383 g/mol. The molecule has 0 fully saturated rings. The van der Waals surface area contributed by atoms with E-state index in [4.69, 9.17) is 16.1 Å². The van der Waals surface area contributed by atoms with E-state index >= 15 is 0 Å². The van der Waals surface area contributed by atoms with Gasteiger partial charge in [-0.15, -0.1) is 0 Å². The first-order chi connectivity index (χ1) is 13.2. The smallest absolute Gasteiger partial charge is 0.269 e. The number of fused-ring (bicyclic) bond motifs is 1. The summed E-state index contributed by atoms with van der Waals surface area (Å²) in [5.74, 6) is 0.761. The monoisotopic (exact) mass is 382 g/mol. The molecule has 138 valence electrons. The van der Waals surface area contributed by atoms with E-state index in [1.165, 1.54) is 12.0 Å². The molecule has 2 aromatic heterocycles. The third-order valence-corrected chi connectivity index (χ3v) is 4.82. The molecule has 0 saturated heterocycles. The van der Waals surface area contributed by atoms with Gasteiger partial charge in [-0.2, -0.15) is 4.98 Å². The highest BCUT2D eigenvalue weighted by molar-refractivity contribution is 6.30. The first-order valence-corrected chi connectivity index (χ1v) is 9.42. The van der Waals surface area contributed by atoms with Gasteiger partial charge >= 0.3 is 0 Å². The summed E-state index contributed by atoms with van der Waals surface area (Å²) >= 11 is 5.98. The number of benzene rings is 1. The number of pyridine rings is 1. The van der Waals surface area contributed by atoms with E-state index in [1.54, 1.807) is 18.2 Å². The predicted molar refractivity (Wildman–Crippen MR) is 102 cm³/mol. The number of hydrogen-bond acceptors (Lipinski definition) is 5. The standard InChI is InChI=1S/C20H19ClN4O2/c21-15-6-3-5-14(12-15)19-24-18(27-25-19)10-11-22-20(26)17-9-8-13-4-1-2-7-16(13)23-17/h3,5-6,8-9,12H,1-2,4,7,10-11H2,(H,22,26). The zero-order valence-electron chi connectivity index (χ0n) is 14.7. The zero-order valence-corrected chi connectivity index (χ0v) is 15.5. The molecule has 1 aliphatic rings. The van der Waals surface area contributed by atoms with E-state index in [2.05, 4.69) is 20.4 Å². The van der Waals surface area contributed by atoms with Gasteiger partial charge in [0.25, 0.3) is 5.91 Å². The fourth-order valence-electron chi connectivity index (χ4n) is 3.18. The van der Waals surface area contributed by atoms with Gasteiger partial charge in [0.05, 0.1) is 0 Å². The third kappa shape index (κ3) is 4.17. The number of aryl methyl sites for hydroxylation is 2. The van der Waals surface area contributed by atoms with E-state index in [9.17, 15) is 4.79 Å². The Morgan fingerprint density at radius 1 is 1.15 bits per heavy atom. The van der Waals surface area contributed by atoms with Gasteiger partial charge in [0.2, 0.25) is 11.7 Å². The van der Waals surface area contributed by atoms with Crippen LogP contribution < -0.4 is 5.32 Å². The average Bonchev–Trinajstić information content (AvgIpc) is 3.16. The summed E-state index contributed by atoms with van der Waals surface area (Å²) in [6, 6.07) is 11.1. The molecule has 1 aromatic carbocycles. The van der Waals surface area contributed by atoms with Gasteiger partial charge in [0.15, 0.2) is 0 Å². The summed E-state index contributed by atoms with van der Waals surface area (Å²) in [4.78, 5) is 21.2. The molecule has 0 bridgehead atoms. The second-order valence-electron chi connectivity index (χ2n) is 6.54. The minimum Gasteiger partial charge on any atom is -0.350 e. The second-order valence-corrected chi connectivity index (χ2v) is 6.97. The molecule has 0 spiro atoms. The fourth-order valence-corrected chi connectivity index (χ4v) is 3.37. The third-order valence-electron chi connectivity index (χ3n) is 4.59. The molecule has 0 radical (unpaired) electrons. The SMILES string of the molecule is O=C(NCCc1nc(-c2cccc(Cl)c2)no1)c1ccc2c(n1)CCCC2. The molecule has 27 heavy (non-hydrogen) atoms. The van der Waals surface area contributed by atoms with E-state index in [1.807, 2.05) is 18.2 Å². The maximum atomic E-state index is 12.3. The molecular formula is C20H19ClN4O2. The van der Waals surface area contributed by atoms with Crippen LogP contribution in [0.4, 0.5) is 0 Å². The van der Waals surface area contributed by atoms with Gasteiger partial charge < -0.3 is 9.84 Å². The van der Waals surface area contributed by atoms with E-state index in [-0.39, 0.29) is 5.91 Å². The quantitative estimate of drug-likeness (QED) is 0.728. The molecule has 6 nitrogen and oxygen atoms in total. The van der Waals surface area contributed by atoms with Crippen molar-refractivity contribution in [1.29, 1.82) is 0 Å². The van der Waals surface area contributed by atoms with Crippen LogP contribution in [-0.4, -0.2) is 27.6 Å². The van der Waals surface area contributed by atoms with Gasteiger partial charge in [0, 0.05) is 29.2 Å². The van der Waals surface area contributed by atoms with Crippen LogP contribution in [0.1, 0.15) is 40.5 Å². The van der Waals surface area contributed by atoms with Crippen molar-refractivity contribution in [3.63, 3.8) is 0 Å². The molecule has 1 amide bonds. The van der Waals surface area contributed by atoms with Crippen molar-refractivity contribution in [2.45, 2.75) is 32.1 Å². The van der Waals surface area contributed by atoms with E-state index in [0.717, 1.165) is 30.5 Å². The minimum absolute atomic E-state index is 0.182. The summed E-state index contributed by atoms with van der Waals surface area (Å²) in [5.41, 5.74) is 3.56. The highest BCUT2D eigenvalue weighted by atomic mass is 35.5. The lowest BCUT2D eigenvalue weighted by atomic mass is 9.96. The van der Waals surface area contributed by atoms with Crippen molar-refractivity contribution in [2.24, 2.45) is 0 Å². The number of aromatic nitrogens is 3. The highest BCUT2D eigenvalue weighted by Gasteiger charge is 2.15. The van der Waals surface area contributed by atoms with Crippen LogP contribution in [-0.2, 0) is 19.3 Å². The number of rotatable bonds is 5. The van der Waals surface area contributed by atoms with Crippen LogP contribution in [0.5, 0.6) is 0 Å². The number of nitrogens with zero attached hydrogens (tertiary/aromatic N) is 3. The van der Waals surface area contributed by atoms with Gasteiger partial charge in [-0.25, -0.2) is 4.98 Å². The molecule has 4 rings (SSSR count). The summed E-state index contributed by atoms with van der Waals surface area (Å²) in [6.45, 7) is 0.398. The van der Waals surface area contributed by atoms with Crippen LogP contribution in [0.3, 0.4) is 0 Å². The molecule has 2 heterocycles. The van der Waals surface area contributed by atoms with Crippen molar-refractivity contribution >= 4 is 17.5 Å². The maximum Gasteiger partial charge on any atom is 0.269 e. The van der Waals surface area contributed by atoms with Gasteiger partial charge in [-0.1, -0.05) is 35.0 Å². The van der Waals surface area contributed by atoms with Gasteiger partial charge in [-0.05, 0) is 49.4 Å². The number of amides is 1. The van der Waals surface area contributed by atoms with Gasteiger partial charge in [0.1, 0.15) is 5.69 Å². The Labute approximate surface area is 162 Å². The van der Waals surface area contributed by atoms with E-state index < -0.39 is 0 Å². The number of halogens is 1. The Hall–Kier alpha value is -2.73. The van der Waals surface area contributed by atoms with Crippen LogP contribution in [0.2, 0.25) is 5.02 Å². The highest BCUT2D eigenvalue weighted by Crippen LogP contribution is 2.20. The van der Waals surface area contributed by atoms with Crippen LogP contribution in [0.25, 0.3) is 11.4 Å². The molecular weight excluding hydrogens is 364 g/mol. The number of nitrogens with one attached hydrogen (secondary N) is 1. The molecule has 0 saturated carbocycles. The molecule has 3 aromatic rings. The summed E-state index contributed by atoms with van der Waals surface area (Å²) in [5, 5.41) is 7.44. The van der Waals surface area contributed by atoms with Crippen LogP contribution in [0.15, 0.2) is 40.9 Å². The predicted octanol–water partition coefficient (Wildman–Crippen LogP) is 3.64. The second kappa shape index (κ2) is 7.88. The first-order valence-electron chi connectivity index (χ1n) is 9.04. The molecule has 0 unspecified atom stereocenters. The Morgan fingerprint density at radius 2 is 2.04 bits per heavy atom. The summed E-state index contributed by atoms with van der Waals surface area (Å²) in [6.07, 6.45) is 4.78. The number of hydrogen-bond donors (Lipinski definition) is 1. The zero-order chi connectivity index (χ0) is 18.6. The first kappa shape index (κ1) is 17.7. The molecule has 7 heteroatoms. The van der Waals surface area contributed by atoms with Crippen molar-refractivity contribution < 1.29 is 9.32 Å². The van der Waals surface area contributed by atoms with Crippen molar-refractivity contribution in [3.8, 4) is 11.4 Å². The molecule has 0 aliphatic heterocycles. The largest absolute Gasteiger partial charge is 0.350 e. The Bertz CT molecular complexity index is 970. The van der Waals surface area contributed by atoms with Gasteiger partial charge in [-0.3, -0.25) is 4.79 Å². The molecule has 1 N–H and O–H groups in total. The van der Waals surface area contributed by atoms with Crippen molar-refractivity contribution in [1.82, 2.24) is 20.4 Å². The minimum atomic E-state index is -0.182. The molecule has 0 atom stereocenters. The lowest BCUT2D eigenvalue weighted by molar-refractivity contribution is 0.0948. The Morgan fingerprint density at radius 3 is 2.93 bits per heavy atom.